The zero-order valence-electron chi connectivity index (χ0n) is 42.3. The Kier molecular flexibility index (Phi) is 20.3. The van der Waals surface area contributed by atoms with E-state index in [1.165, 1.54) is 78.1 Å². The molecule has 1 saturated carbocycles. The molecule has 434 valence electrons. The molecule has 2 aromatic rings. The number of carboxylic acids is 1. The van der Waals surface area contributed by atoms with Crippen molar-refractivity contribution < 1.29 is 88.1 Å². The lowest BCUT2D eigenvalue weighted by molar-refractivity contribution is -0.306. The standard InChI is InChI=1S/C50H68N8O19S2/c51-15-30-39(64)41(66)36(55)48(72-30)75-44-27(54)14-26(53)38(63)46(44)77-50-43(68)45(76-49-37(56)42(67)40(65)31(16-52)73-49)32(74-50)17-79-10-8-57-33(61)7-9-78-18-34(62)58-19-1-4-22(25(11-19)47(69)70)35-23-5-2-20(59)12-28(23)71-29-13-21(60)3-6-24(29)35/h1-6,11-13,26-27,30-32,36-46,48-50,59,63-68H,7-10,14-18,51-56H2,(H,57,61)(H,58,62)(H,69,70)/p-1/t26-,27?,30?,31+,32-,36?,37?,38?,39-,40-,41-,42?,43+,44-,45+,46-,48-,49-,50?/m1/s1. The minimum absolute atomic E-state index is 0.0409. The van der Waals surface area contributed by atoms with Crippen LogP contribution in [-0.2, 0) is 38.0 Å². The topological polar surface area (TPSA) is 482 Å². The molecule has 8 rings (SSSR count). The lowest BCUT2D eigenvalue weighted by Gasteiger charge is -2.47. The summed E-state index contributed by atoms with van der Waals surface area (Å²) in [6.45, 7) is -0.227. The Morgan fingerprint density at radius 2 is 1.30 bits per heavy atom. The Morgan fingerprint density at radius 3 is 1.96 bits per heavy atom. The van der Waals surface area contributed by atoms with Crippen molar-refractivity contribution in [2.45, 2.75) is 129 Å². The molecule has 4 heterocycles. The van der Waals surface area contributed by atoms with E-state index < -0.39 is 128 Å². The number of nitrogens with two attached hydrogens (primary N) is 6. The maximum Gasteiger partial charge on any atom is 0.336 e. The fraction of sp³-hybridized carbons (Fsp3) is 0.560. The number of thioether (sulfide) groups is 2. The first-order valence-corrected chi connectivity index (χ1v) is 27.7. The quantitative estimate of drug-likeness (QED) is 0.0276. The van der Waals surface area contributed by atoms with Gasteiger partial charge in [0.25, 0.3) is 0 Å². The van der Waals surface area contributed by atoms with Gasteiger partial charge >= 0.3 is 5.97 Å². The van der Waals surface area contributed by atoms with Gasteiger partial charge in [-0.15, -0.1) is 5.75 Å². The fourth-order valence-corrected chi connectivity index (χ4v) is 11.6. The van der Waals surface area contributed by atoms with E-state index in [4.69, 9.17) is 67.2 Å². The molecule has 27 nitrogen and oxygen atoms in total. The molecule has 4 fully saturated rings. The van der Waals surface area contributed by atoms with Crippen molar-refractivity contribution in [3.05, 3.63) is 70.4 Å². The van der Waals surface area contributed by atoms with E-state index in [-0.39, 0.29) is 95.0 Å². The minimum atomic E-state index is -1.64. The van der Waals surface area contributed by atoms with Gasteiger partial charge in [0.05, 0.1) is 35.6 Å². The van der Waals surface area contributed by atoms with Gasteiger partial charge in [-0.1, -0.05) is 18.2 Å². The number of carbonyl (C=O) groups excluding carboxylic acids is 2. The highest BCUT2D eigenvalue weighted by Crippen LogP contribution is 2.43. The van der Waals surface area contributed by atoms with Gasteiger partial charge in [0, 0.05) is 83.7 Å². The summed E-state index contributed by atoms with van der Waals surface area (Å²) in [5.41, 5.74) is 37.6. The van der Waals surface area contributed by atoms with Gasteiger partial charge in [0.15, 0.2) is 24.3 Å². The molecule has 19 atom stereocenters. The molecule has 6 aliphatic rings. The maximum absolute atomic E-state index is 13.0. The summed E-state index contributed by atoms with van der Waals surface area (Å²) in [5, 5.41) is 93.8. The second-order valence-electron chi connectivity index (χ2n) is 19.7. The van der Waals surface area contributed by atoms with Crippen molar-refractivity contribution in [1.29, 1.82) is 0 Å². The SMILES string of the molecule is NCC1O[C@H](O[C@@H]2C(N)C[C@@H](N)C(O)[C@H]2OC2O[C@H](CSCCNC(=O)CCSCC(=O)Nc3ccc(-c4c5ccc(=O)cc-5oc5cc([O-])ccc45)c(C(=O)O)c3)[C@H](O[C@H]3O[C@@H](CN)[C@@H](O)C(O)C3N)[C@@H]2O)C(N)[C@@H](O)[C@@H]1O. The van der Waals surface area contributed by atoms with Crippen molar-refractivity contribution >= 4 is 58.0 Å². The van der Waals surface area contributed by atoms with E-state index in [9.17, 15) is 60.0 Å². The van der Waals surface area contributed by atoms with Gasteiger partial charge in [-0.25, -0.2) is 4.79 Å². The Morgan fingerprint density at radius 1 is 0.671 bits per heavy atom. The van der Waals surface area contributed by atoms with E-state index >= 15 is 0 Å². The third kappa shape index (κ3) is 13.6. The molecule has 2 aromatic carbocycles. The van der Waals surface area contributed by atoms with E-state index in [0.717, 1.165) is 0 Å². The third-order valence-corrected chi connectivity index (χ3v) is 16.2. The van der Waals surface area contributed by atoms with Gasteiger partial charge in [-0.3, -0.25) is 14.4 Å². The van der Waals surface area contributed by atoms with Gasteiger partial charge < -0.3 is 119 Å². The van der Waals surface area contributed by atoms with Crippen LogP contribution in [0.1, 0.15) is 23.2 Å². The number of carboxylic acid groups (broad SMARTS) is 1. The van der Waals surface area contributed by atoms with E-state index in [1.54, 1.807) is 0 Å². The number of fused-ring (bicyclic) bond motifs is 2. The van der Waals surface area contributed by atoms with E-state index in [2.05, 4.69) is 10.6 Å². The zero-order chi connectivity index (χ0) is 57.0. The van der Waals surface area contributed by atoms with Crippen LogP contribution in [-0.4, -0.2) is 212 Å². The van der Waals surface area contributed by atoms with Crippen molar-refractivity contribution in [3.8, 4) is 28.2 Å². The number of aliphatic hydroxyl groups is 6. The Bertz CT molecular complexity index is 2790. The molecule has 7 unspecified atom stereocenters. The molecule has 0 bridgehead atoms. The Labute approximate surface area is 459 Å². The summed E-state index contributed by atoms with van der Waals surface area (Å²) in [5.74, 6) is -1.63. The molecule has 0 spiro atoms. The number of benzene rings is 3. The number of ether oxygens (including phenoxy) is 6. The average Bonchev–Trinajstić information content (AvgIpc) is 3.87. The van der Waals surface area contributed by atoms with Crippen molar-refractivity contribution in [1.82, 2.24) is 5.32 Å². The molecule has 4 aliphatic heterocycles. The lowest BCUT2D eigenvalue weighted by atomic mass is 9.84. The molecule has 29 heteroatoms. The summed E-state index contributed by atoms with van der Waals surface area (Å²) < 4.78 is 42.2. The number of anilines is 1. The second kappa shape index (κ2) is 26.5. The van der Waals surface area contributed by atoms with E-state index in [1.807, 2.05) is 0 Å². The molecule has 21 N–H and O–H groups in total. The molecule has 2 aliphatic carbocycles. The molecule has 0 aromatic heterocycles. The van der Waals surface area contributed by atoms with Crippen molar-refractivity contribution in [3.63, 3.8) is 0 Å². The van der Waals surface area contributed by atoms with Crippen LogP contribution in [0.4, 0.5) is 5.69 Å². The summed E-state index contributed by atoms with van der Waals surface area (Å²) in [6, 6.07) is 8.09. The number of amides is 2. The number of aromatic carboxylic acids is 1. The summed E-state index contributed by atoms with van der Waals surface area (Å²) in [6.07, 6.45) is -20.3. The fourth-order valence-electron chi connectivity index (χ4n) is 9.97. The third-order valence-electron chi connectivity index (χ3n) is 14.2. The van der Waals surface area contributed by atoms with Crippen LogP contribution in [0.25, 0.3) is 33.4 Å². The molecule has 2 amide bonds. The highest BCUT2D eigenvalue weighted by atomic mass is 32.2. The van der Waals surface area contributed by atoms with Gasteiger partial charge in [-0.05, 0) is 42.3 Å². The predicted octanol–water partition coefficient (Wildman–Crippen LogP) is -4.63. The summed E-state index contributed by atoms with van der Waals surface area (Å²) in [7, 11) is 0. The second-order valence-corrected chi connectivity index (χ2v) is 22.0. The van der Waals surface area contributed by atoms with Gasteiger partial charge in [0.1, 0.15) is 72.4 Å². The lowest BCUT2D eigenvalue weighted by Crippen LogP contribution is -2.68. The molecule has 79 heavy (non-hydrogen) atoms. The molecular weight excluding hydrogens is 1080 g/mol. The predicted molar refractivity (Wildman–Crippen MR) is 283 cm³/mol. The van der Waals surface area contributed by atoms with Crippen LogP contribution in [0.3, 0.4) is 0 Å². The normalized spacial score (nSPS) is 33.9. The number of aliphatic hydroxyl groups excluding tert-OH is 6. The number of hydrogen-bond acceptors (Lipinski definition) is 26. The van der Waals surface area contributed by atoms with Crippen LogP contribution < -0.4 is 55.6 Å². The van der Waals surface area contributed by atoms with Crippen LogP contribution in [0.5, 0.6) is 5.75 Å². The number of nitrogens with one attached hydrogen (secondary N) is 2. The smallest absolute Gasteiger partial charge is 0.336 e. The molecule has 0 radical (unpaired) electrons. The number of hydrogen-bond donors (Lipinski definition) is 15. The highest BCUT2D eigenvalue weighted by Gasteiger charge is 2.54. The first-order valence-electron chi connectivity index (χ1n) is 25.4. The highest BCUT2D eigenvalue weighted by molar-refractivity contribution is 8.00. The maximum atomic E-state index is 13.0. The molecular formula is C50H67N8O19S2-. The molecule has 3 saturated heterocycles. The van der Waals surface area contributed by atoms with Crippen LogP contribution in [0.15, 0.2) is 63.8 Å². The monoisotopic (exact) mass is 1150 g/mol. The number of carbonyl (C=O) groups is 3. The number of rotatable bonds is 21. The Balaban J connectivity index is 0.843. The largest absolute Gasteiger partial charge is 0.872 e. The first kappa shape index (κ1) is 60.4. The zero-order valence-corrected chi connectivity index (χ0v) is 44.0. The van der Waals surface area contributed by atoms with Crippen molar-refractivity contribution in [2.75, 3.05) is 48.0 Å². The summed E-state index contributed by atoms with van der Waals surface area (Å²) in [4.78, 5) is 50.6. The first-order chi connectivity index (χ1) is 37.7. The van der Waals surface area contributed by atoms with Crippen LogP contribution >= 0.6 is 23.5 Å². The van der Waals surface area contributed by atoms with Gasteiger partial charge in [0.2, 0.25) is 11.8 Å². The minimum Gasteiger partial charge on any atom is -0.872 e. The van der Waals surface area contributed by atoms with Crippen molar-refractivity contribution in [2.24, 2.45) is 34.4 Å². The van der Waals surface area contributed by atoms with E-state index in [0.29, 0.717) is 22.3 Å². The van der Waals surface area contributed by atoms with Crippen LogP contribution in [0.2, 0.25) is 0 Å². The summed E-state index contributed by atoms with van der Waals surface area (Å²) >= 11 is 2.47. The van der Waals surface area contributed by atoms with Crippen LogP contribution in [0, 0.1) is 0 Å². The van der Waals surface area contributed by atoms with Gasteiger partial charge in [-0.2, -0.15) is 23.5 Å². The average molecular weight is 1150 g/mol. The Hall–Kier alpha value is -4.68.